The number of para-hydroxylation sites is 4. The highest BCUT2D eigenvalue weighted by Crippen LogP contribution is 2.41. The van der Waals surface area contributed by atoms with Crippen LogP contribution in [-0.2, 0) is 0 Å². The first-order valence-electron chi connectivity index (χ1n) is 17.5. The minimum atomic E-state index is 1.15. The predicted octanol–water partition coefficient (Wildman–Crippen LogP) is 12.6. The minimum absolute atomic E-state index is 1.15. The summed E-state index contributed by atoms with van der Waals surface area (Å²) >= 11 is 0. The standard InChI is InChI=1S/C48H31N3/c1-3-13-32(14-4-1)33-23-25-35(26-24-33)50-44-21-11-8-18-38(44)41-30-42-39-19-9-12-22-45(39)51(48(42)31-47(41)50)36-27-28-46-40(29-36)37-17-7-10-20-43(37)49(46)34-15-5-2-6-16-34/h1-31H. The van der Waals surface area contributed by atoms with Crippen LogP contribution in [0.5, 0.6) is 0 Å². The van der Waals surface area contributed by atoms with Crippen LogP contribution in [0.2, 0.25) is 0 Å². The largest absolute Gasteiger partial charge is 0.309 e. The first kappa shape index (κ1) is 28.0. The molecule has 0 radical (unpaired) electrons. The Balaban J connectivity index is 1.19. The molecule has 0 bridgehead atoms. The van der Waals surface area contributed by atoms with E-state index in [4.69, 9.17) is 0 Å². The molecular formula is C48H31N3. The van der Waals surface area contributed by atoms with Crippen molar-refractivity contribution >= 4 is 65.4 Å². The highest BCUT2D eigenvalue weighted by molar-refractivity contribution is 6.19. The summed E-state index contributed by atoms with van der Waals surface area (Å²) in [4.78, 5) is 0. The lowest BCUT2D eigenvalue weighted by Crippen LogP contribution is -1.96. The van der Waals surface area contributed by atoms with E-state index >= 15 is 0 Å². The zero-order valence-electron chi connectivity index (χ0n) is 27.7. The zero-order valence-corrected chi connectivity index (χ0v) is 27.7. The third-order valence-corrected chi connectivity index (χ3v) is 10.6. The van der Waals surface area contributed by atoms with Crippen LogP contribution >= 0.6 is 0 Å². The van der Waals surface area contributed by atoms with Crippen LogP contribution in [0.25, 0.3) is 93.6 Å². The Kier molecular flexibility index (Phi) is 5.96. The first-order chi connectivity index (χ1) is 25.3. The lowest BCUT2D eigenvalue weighted by atomic mass is 10.1. The van der Waals surface area contributed by atoms with Gasteiger partial charge in [-0.05, 0) is 83.9 Å². The highest BCUT2D eigenvalue weighted by Gasteiger charge is 2.20. The Morgan fingerprint density at radius 3 is 1.20 bits per heavy atom. The Morgan fingerprint density at radius 1 is 0.216 bits per heavy atom. The van der Waals surface area contributed by atoms with E-state index in [0.29, 0.717) is 0 Å². The molecule has 3 aromatic heterocycles. The Bertz CT molecular complexity index is 3110. The Morgan fingerprint density at radius 2 is 0.608 bits per heavy atom. The van der Waals surface area contributed by atoms with Gasteiger partial charge in [0, 0.05) is 49.4 Å². The summed E-state index contributed by atoms with van der Waals surface area (Å²) in [6.07, 6.45) is 0. The van der Waals surface area contributed by atoms with Gasteiger partial charge in [0.05, 0.1) is 33.1 Å². The Labute approximate surface area is 294 Å². The van der Waals surface area contributed by atoms with E-state index in [1.807, 2.05) is 0 Å². The summed E-state index contributed by atoms with van der Waals surface area (Å²) in [7, 11) is 0. The maximum atomic E-state index is 2.46. The van der Waals surface area contributed by atoms with E-state index < -0.39 is 0 Å². The number of nitrogens with zero attached hydrogens (tertiary/aromatic N) is 3. The van der Waals surface area contributed by atoms with E-state index in [9.17, 15) is 0 Å². The van der Waals surface area contributed by atoms with Gasteiger partial charge in [-0.1, -0.05) is 115 Å². The van der Waals surface area contributed by atoms with Crippen molar-refractivity contribution < 1.29 is 0 Å². The average Bonchev–Trinajstić information content (AvgIpc) is 3.83. The summed E-state index contributed by atoms with van der Waals surface area (Å²) in [5, 5.41) is 7.52. The lowest BCUT2D eigenvalue weighted by molar-refractivity contribution is 1.16. The molecule has 0 atom stereocenters. The SMILES string of the molecule is c1ccc(-c2ccc(-n3c4ccccc4c4cc5c6ccccc6n(-c6ccc7c(c6)c6ccccc6n7-c6ccccc6)c5cc43)cc2)cc1. The van der Waals surface area contributed by atoms with Gasteiger partial charge in [-0.2, -0.15) is 0 Å². The van der Waals surface area contributed by atoms with Crippen molar-refractivity contribution in [2.45, 2.75) is 0 Å². The summed E-state index contributed by atoms with van der Waals surface area (Å²) in [6.45, 7) is 0. The number of rotatable bonds is 4. The fourth-order valence-corrected chi connectivity index (χ4v) is 8.38. The topological polar surface area (TPSA) is 14.8 Å². The summed E-state index contributed by atoms with van der Waals surface area (Å²) in [5.74, 6) is 0. The molecule has 3 heteroatoms. The van der Waals surface area contributed by atoms with Crippen LogP contribution < -0.4 is 0 Å². The summed E-state index contributed by atoms with van der Waals surface area (Å²) < 4.78 is 7.27. The van der Waals surface area contributed by atoms with Crippen molar-refractivity contribution in [2.24, 2.45) is 0 Å². The molecule has 11 rings (SSSR count). The maximum Gasteiger partial charge on any atom is 0.0562 e. The Hall–Kier alpha value is -6.84. The fraction of sp³-hybridized carbons (Fsp3) is 0. The molecule has 0 aliphatic rings. The molecule has 0 saturated heterocycles. The monoisotopic (exact) mass is 649 g/mol. The first-order valence-corrected chi connectivity index (χ1v) is 17.5. The van der Waals surface area contributed by atoms with Gasteiger partial charge in [-0.3, -0.25) is 0 Å². The predicted molar refractivity (Wildman–Crippen MR) is 215 cm³/mol. The molecule has 3 nitrogen and oxygen atoms in total. The van der Waals surface area contributed by atoms with E-state index in [1.54, 1.807) is 0 Å². The van der Waals surface area contributed by atoms with Gasteiger partial charge < -0.3 is 13.7 Å². The van der Waals surface area contributed by atoms with Crippen molar-refractivity contribution in [3.8, 4) is 28.2 Å². The smallest absolute Gasteiger partial charge is 0.0562 e. The molecule has 0 spiro atoms. The molecule has 0 aliphatic heterocycles. The van der Waals surface area contributed by atoms with Crippen molar-refractivity contribution in [1.29, 1.82) is 0 Å². The van der Waals surface area contributed by atoms with Gasteiger partial charge >= 0.3 is 0 Å². The van der Waals surface area contributed by atoms with Crippen molar-refractivity contribution in [3.63, 3.8) is 0 Å². The second-order valence-electron chi connectivity index (χ2n) is 13.4. The zero-order chi connectivity index (χ0) is 33.5. The number of hydrogen-bond acceptors (Lipinski definition) is 0. The molecule has 51 heavy (non-hydrogen) atoms. The molecule has 238 valence electrons. The summed E-state index contributed by atoms with van der Waals surface area (Å²) in [5.41, 5.74) is 13.1. The van der Waals surface area contributed by atoms with Gasteiger partial charge in [0.1, 0.15) is 0 Å². The van der Waals surface area contributed by atoms with Crippen LogP contribution in [0.4, 0.5) is 0 Å². The quantitative estimate of drug-likeness (QED) is 0.180. The van der Waals surface area contributed by atoms with Crippen LogP contribution in [0.1, 0.15) is 0 Å². The van der Waals surface area contributed by atoms with E-state index in [0.717, 1.165) is 11.4 Å². The van der Waals surface area contributed by atoms with Crippen molar-refractivity contribution in [1.82, 2.24) is 13.7 Å². The van der Waals surface area contributed by atoms with E-state index in [2.05, 4.69) is 202 Å². The average molecular weight is 650 g/mol. The maximum absolute atomic E-state index is 2.46. The van der Waals surface area contributed by atoms with Crippen LogP contribution in [0.15, 0.2) is 188 Å². The third kappa shape index (κ3) is 4.12. The van der Waals surface area contributed by atoms with Crippen molar-refractivity contribution in [2.75, 3.05) is 0 Å². The molecule has 0 saturated carbocycles. The lowest BCUT2D eigenvalue weighted by Gasteiger charge is -2.12. The van der Waals surface area contributed by atoms with E-state index in [-0.39, 0.29) is 0 Å². The van der Waals surface area contributed by atoms with Gasteiger partial charge in [0.15, 0.2) is 0 Å². The van der Waals surface area contributed by atoms with Gasteiger partial charge in [0.2, 0.25) is 0 Å². The second-order valence-corrected chi connectivity index (χ2v) is 13.4. The van der Waals surface area contributed by atoms with Gasteiger partial charge in [-0.15, -0.1) is 0 Å². The molecule has 11 aromatic rings. The van der Waals surface area contributed by atoms with E-state index in [1.165, 1.54) is 82.2 Å². The van der Waals surface area contributed by atoms with Crippen molar-refractivity contribution in [3.05, 3.63) is 188 Å². The molecule has 0 unspecified atom stereocenters. The molecule has 0 N–H and O–H groups in total. The number of benzene rings is 8. The minimum Gasteiger partial charge on any atom is -0.309 e. The molecule has 0 aliphatic carbocycles. The molecular weight excluding hydrogens is 619 g/mol. The molecule has 0 amide bonds. The highest BCUT2D eigenvalue weighted by atomic mass is 15.0. The number of aromatic nitrogens is 3. The molecule has 3 heterocycles. The van der Waals surface area contributed by atoms with Gasteiger partial charge in [0.25, 0.3) is 0 Å². The fourth-order valence-electron chi connectivity index (χ4n) is 8.38. The second kappa shape index (κ2) is 10.8. The number of fused-ring (bicyclic) bond motifs is 9. The van der Waals surface area contributed by atoms with Gasteiger partial charge in [-0.25, -0.2) is 0 Å². The van der Waals surface area contributed by atoms with Crippen LogP contribution in [0.3, 0.4) is 0 Å². The normalized spacial score (nSPS) is 11.9. The third-order valence-electron chi connectivity index (χ3n) is 10.6. The molecule has 8 aromatic carbocycles. The molecule has 0 fully saturated rings. The van der Waals surface area contributed by atoms with Crippen LogP contribution in [-0.4, -0.2) is 13.7 Å². The number of hydrogen-bond donors (Lipinski definition) is 0. The van der Waals surface area contributed by atoms with Crippen LogP contribution in [0, 0.1) is 0 Å². The summed E-state index contributed by atoms with van der Waals surface area (Å²) in [6, 6.07) is 68.4.